The molecule has 5 heteroatoms. The molecule has 1 fully saturated rings. The highest BCUT2D eigenvalue weighted by molar-refractivity contribution is 5.75. The number of aromatic nitrogens is 1. The Hall–Kier alpha value is -2.30. The van der Waals surface area contributed by atoms with Crippen LogP contribution in [0, 0.1) is 5.92 Å². The molecule has 23 heavy (non-hydrogen) atoms. The summed E-state index contributed by atoms with van der Waals surface area (Å²) in [7, 11) is 1.63. The van der Waals surface area contributed by atoms with Crippen LogP contribution in [0.4, 0.5) is 0 Å². The van der Waals surface area contributed by atoms with Crippen LogP contribution in [-0.2, 0) is 11.2 Å². The van der Waals surface area contributed by atoms with E-state index in [2.05, 4.69) is 4.98 Å². The van der Waals surface area contributed by atoms with Crippen molar-refractivity contribution in [2.75, 3.05) is 13.7 Å². The summed E-state index contributed by atoms with van der Waals surface area (Å²) in [5, 5.41) is 0. The van der Waals surface area contributed by atoms with Gasteiger partial charge in [0.15, 0.2) is 11.5 Å². The van der Waals surface area contributed by atoms with Gasteiger partial charge in [-0.2, -0.15) is 0 Å². The highest BCUT2D eigenvalue weighted by atomic mass is 16.5. The molecule has 0 aliphatic heterocycles. The van der Waals surface area contributed by atoms with Crippen molar-refractivity contribution in [1.29, 1.82) is 0 Å². The molecule has 1 aromatic heterocycles. The lowest BCUT2D eigenvalue weighted by molar-refractivity contribution is -0.116. The Balaban J connectivity index is 1.75. The summed E-state index contributed by atoms with van der Waals surface area (Å²) >= 11 is 0. The van der Waals surface area contributed by atoms with Crippen LogP contribution in [-0.4, -0.2) is 24.5 Å². The van der Waals surface area contributed by atoms with Crippen LogP contribution in [0.15, 0.2) is 28.9 Å². The molecule has 0 bridgehead atoms. The second kappa shape index (κ2) is 6.86. The van der Waals surface area contributed by atoms with Crippen molar-refractivity contribution in [3.05, 3.63) is 30.2 Å². The second-order valence-electron chi connectivity index (χ2n) is 5.97. The van der Waals surface area contributed by atoms with Gasteiger partial charge in [0.2, 0.25) is 5.89 Å². The third-order valence-electron chi connectivity index (χ3n) is 3.87. The zero-order valence-corrected chi connectivity index (χ0v) is 13.5. The molecule has 0 amide bonds. The lowest BCUT2D eigenvalue weighted by Gasteiger charge is -2.11. The largest absolute Gasteiger partial charge is 0.493 e. The lowest BCUT2D eigenvalue weighted by Crippen LogP contribution is -2.01. The fourth-order valence-corrected chi connectivity index (χ4v) is 2.27. The molecule has 0 atom stereocenters. The third kappa shape index (κ3) is 4.12. The van der Waals surface area contributed by atoms with Crippen LogP contribution < -0.4 is 9.47 Å². The van der Waals surface area contributed by atoms with E-state index in [1.807, 2.05) is 18.2 Å². The van der Waals surface area contributed by atoms with E-state index in [-0.39, 0.29) is 5.78 Å². The highest BCUT2D eigenvalue weighted by Gasteiger charge is 2.23. The van der Waals surface area contributed by atoms with Gasteiger partial charge >= 0.3 is 0 Å². The van der Waals surface area contributed by atoms with E-state index in [1.54, 1.807) is 20.3 Å². The van der Waals surface area contributed by atoms with Gasteiger partial charge in [0.25, 0.3) is 0 Å². The summed E-state index contributed by atoms with van der Waals surface area (Å²) in [6.45, 7) is 2.29. The standard InChI is InChI=1S/C18H21NO4/c1-12(20)3-7-15-11-23-18(19-15)14-6-8-16(21-2)17(9-14)22-10-13-4-5-13/h6,8-9,11,13H,3-5,7,10H2,1-2H3. The molecule has 0 spiro atoms. The minimum Gasteiger partial charge on any atom is -0.493 e. The minimum atomic E-state index is 0.148. The number of ether oxygens (including phenoxy) is 2. The summed E-state index contributed by atoms with van der Waals surface area (Å²) < 4.78 is 16.7. The van der Waals surface area contributed by atoms with Crippen molar-refractivity contribution < 1.29 is 18.7 Å². The number of Topliss-reactive ketones (excluding diaryl/α,β-unsaturated/α-hetero) is 1. The van der Waals surface area contributed by atoms with Crippen LogP contribution in [0.1, 0.15) is 31.9 Å². The number of rotatable bonds is 8. The van der Waals surface area contributed by atoms with Crippen LogP contribution in [0.3, 0.4) is 0 Å². The van der Waals surface area contributed by atoms with Gasteiger partial charge in [-0.25, -0.2) is 4.98 Å². The molecule has 3 rings (SSSR count). The average molecular weight is 315 g/mol. The topological polar surface area (TPSA) is 61.6 Å². The molecular weight excluding hydrogens is 294 g/mol. The Morgan fingerprint density at radius 2 is 2.17 bits per heavy atom. The molecule has 122 valence electrons. The van der Waals surface area contributed by atoms with E-state index in [9.17, 15) is 4.79 Å². The summed E-state index contributed by atoms with van der Waals surface area (Å²) in [5.41, 5.74) is 1.62. The Kier molecular flexibility index (Phi) is 4.65. The van der Waals surface area contributed by atoms with Gasteiger partial charge in [-0.15, -0.1) is 0 Å². The Morgan fingerprint density at radius 1 is 1.35 bits per heavy atom. The van der Waals surface area contributed by atoms with Crippen molar-refractivity contribution in [3.63, 3.8) is 0 Å². The summed E-state index contributed by atoms with van der Waals surface area (Å²) in [6.07, 6.45) is 5.15. The maximum Gasteiger partial charge on any atom is 0.226 e. The molecule has 1 saturated carbocycles. The number of nitrogens with zero attached hydrogens (tertiary/aromatic N) is 1. The number of hydrogen-bond donors (Lipinski definition) is 0. The van der Waals surface area contributed by atoms with Gasteiger partial charge in [-0.3, -0.25) is 0 Å². The van der Waals surface area contributed by atoms with Gasteiger partial charge in [-0.05, 0) is 50.3 Å². The lowest BCUT2D eigenvalue weighted by atomic mass is 10.2. The third-order valence-corrected chi connectivity index (χ3v) is 3.87. The van der Waals surface area contributed by atoms with Crippen LogP contribution in [0.5, 0.6) is 11.5 Å². The van der Waals surface area contributed by atoms with Crippen molar-refractivity contribution >= 4 is 5.78 Å². The van der Waals surface area contributed by atoms with E-state index in [0.29, 0.717) is 36.1 Å². The first kappa shape index (κ1) is 15.6. The van der Waals surface area contributed by atoms with Crippen molar-refractivity contribution in [2.24, 2.45) is 5.92 Å². The molecule has 2 aromatic rings. The van der Waals surface area contributed by atoms with Gasteiger partial charge < -0.3 is 18.7 Å². The number of benzene rings is 1. The van der Waals surface area contributed by atoms with Gasteiger partial charge in [0.1, 0.15) is 12.0 Å². The first-order valence-electron chi connectivity index (χ1n) is 7.90. The Labute approximate surface area is 135 Å². The summed E-state index contributed by atoms with van der Waals surface area (Å²) in [5.74, 6) is 2.76. The molecule has 5 nitrogen and oxygen atoms in total. The van der Waals surface area contributed by atoms with Gasteiger partial charge in [0.05, 0.1) is 19.4 Å². The molecule has 1 aromatic carbocycles. The SMILES string of the molecule is COc1ccc(-c2nc(CCC(C)=O)co2)cc1OCC1CC1. The van der Waals surface area contributed by atoms with E-state index in [1.165, 1.54) is 12.8 Å². The van der Waals surface area contributed by atoms with E-state index >= 15 is 0 Å². The maximum atomic E-state index is 11.1. The quantitative estimate of drug-likeness (QED) is 0.744. The Morgan fingerprint density at radius 3 is 2.87 bits per heavy atom. The van der Waals surface area contributed by atoms with E-state index in [4.69, 9.17) is 13.9 Å². The molecule has 0 radical (unpaired) electrons. The van der Waals surface area contributed by atoms with E-state index in [0.717, 1.165) is 17.9 Å². The predicted octanol–water partition coefficient (Wildman–Crippen LogP) is 3.66. The number of aryl methyl sites for hydroxylation is 1. The smallest absolute Gasteiger partial charge is 0.226 e. The molecule has 0 unspecified atom stereocenters. The number of hydrogen-bond acceptors (Lipinski definition) is 5. The number of carbonyl (C=O) groups is 1. The minimum absolute atomic E-state index is 0.148. The summed E-state index contributed by atoms with van der Waals surface area (Å²) in [6, 6.07) is 5.64. The van der Waals surface area contributed by atoms with Gasteiger partial charge in [-0.1, -0.05) is 0 Å². The zero-order chi connectivity index (χ0) is 16.2. The summed E-state index contributed by atoms with van der Waals surface area (Å²) in [4.78, 5) is 15.5. The molecular formula is C18H21NO4. The van der Waals surface area contributed by atoms with Crippen LogP contribution in [0.25, 0.3) is 11.5 Å². The number of oxazole rings is 1. The zero-order valence-electron chi connectivity index (χ0n) is 13.5. The fraction of sp³-hybridized carbons (Fsp3) is 0.444. The first-order valence-corrected chi connectivity index (χ1v) is 7.90. The molecule has 1 heterocycles. The number of ketones is 1. The second-order valence-corrected chi connectivity index (χ2v) is 5.97. The number of carbonyl (C=O) groups excluding carboxylic acids is 1. The van der Waals surface area contributed by atoms with Crippen LogP contribution in [0.2, 0.25) is 0 Å². The monoisotopic (exact) mass is 315 g/mol. The normalized spacial score (nSPS) is 13.8. The van der Waals surface area contributed by atoms with Crippen molar-refractivity contribution in [1.82, 2.24) is 4.98 Å². The van der Waals surface area contributed by atoms with Crippen molar-refractivity contribution in [3.8, 4) is 23.0 Å². The fourth-order valence-electron chi connectivity index (χ4n) is 2.27. The van der Waals surface area contributed by atoms with Crippen LogP contribution >= 0.6 is 0 Å². The average Bonchev–Trinajstić information content (AvgIpc) is 3.26. The number of methoxy groups -OCH3 is 1. The molecule has 0 N–H and O–H groups in total. The van der Waals surface area contributed by atoms with E-state index < -0.39 is 0 Å². The highest BCUT2D eigenvalue weighted by Crippen LogP contribution is 2.35. The molecule has 1 aliphatic rings. The first-order chi connectivity index (χ1) is 11.2. The molecule has 1 aliphatic carbocycles. The van der Waals surface area contributed by atoms with Crippen molar-refractivity contribution in [2.45, 2.75) is 32.6 Å². The molecule has 0 saturated heterocycles. The maximum absolute atomic E-state index is 11.1. The predicted molar refractivity (Wildman–Crippen MR) is 85.7 cm³/mol. The van der Waals surface area contributed by atoms with Gasteiger partial charge in [0, 0.05) is 12.0 Å². The Bertz CT molecular complexity index is 688.